The fourth-order valence-corrected chi connectivity index (χ4v) is 3.62. The molecule has 0 spiro atoms. The van der Waals surface area contributed by atoms with Crippen LogP contribution in [0.25, 0.3) is 0 Å². The highest BCUT2D eigenvalue weighted by Gasteiger charge is 2.32. The van der Waals surface area contributed by atoms with Gasteiger partial charge in [0.25, 0.3) is 0 Å². The third-order valence-corrected chi connectivity index (χ3v) is 4.69. The average molecular weight is 344 g/mol. The van der Waals surface area contributed by atoms with Gasteiger partial charge in [0.15, 0.2) is 0 Å². The second-order valence-corrected chi connectivity index (χ2v) is 7.68. The van der Waals surface area contributed by atoms with E-state index in [2.05, 4.69) is 46.8 Å². The van der Waals surface area contributed by atoms with Crippen LogP contribution in [0, 0.1) is 5.92 Å². The Labute approximate surface area is 126 Å². The molecule has 0 aliphatic carbocycles. The number of hydrogen-bond donors (Lipinski definition) is 1. The number of hydrogen-bond acceptors (Lipinski definition) is 3. The van der Waals surface area contributed by atoms with Crippen molar-refractivity contribution in [1.82, 2.24) is 4.90 Å². The van der Waals surface area contributed by atoms with E-state index in [4.69, 9.17) is 5.11 Å². The summed E-state index contributed by atoms with van der Waals surface area (Å²) in [6, 6.07) is 6.32. The molecule has 104 valence electrons. The lowest BCUT2D eigenvalue weighted by Crippen LogP contribution is -2.49. The molecule has 1 heterocycles. The quantitative estimate of drug-likeness (QED) is 0.831. The molecule has 1 aliphatic heterocycles. The van der Waals surface area contributed by atoms with Crippen LogP contribution in [0.2, 0.25) is 0 Å². The fraction of sp³-hybridized carbons (Fsp3) is 0.500. The van der Waals surface area contributed by atoms with E-state index in [-0.39, 0.29) is 5.92 Å². The molecule has 1 aliphatic rings. The van der Waals surface area contributed by atoms with Crippen molar-refractivity contribution in [1.29, 1.82) is 0 Å². The average Bonchev–Trinajstić information content (AvgIpc) is 2.23. The van der Waals surface area contributed by atoms with Gasteiger partial charge in [-0.2, -0.15) is 0 Å². The third kappa shape index (κ3) is 3.97. The van der Waals surface area contributed by atoms with E-state index in [0.29, 0.717) is 18.3 Å². The van der Waals surface area contributed by atoms with Crippen LogP contribution in [0.15, 0.2) is 27.6 Å². The molecule has 0 aromatic heterocycles. The monoisotopic (exact) mass is 343 g/mol. The molecule has 5 heteroatoms. The summed E-state index contributed by atoms with van der Waals surface area (Å²) in [7, 11) is 0. The molecule has 1 N–H and O–H groups in total. The molecule has 0 saturated carbocycles. The summed E-state index contributed by atoms with van der Waals surface area (Å²) in [5, 5.41) is 9.43. The van der Waals surface area contributed by atoms with Gasteiger partial charge in [0, 0.05) is 34.3 Å². The van der Waals surface area contributed by atoms with E-state index in [0.717, 1.165) is 11.0 Å². The number of halogens is 1. The van der Waals surface area contributed by atoms with Crippen LogP contribution in [0.1, 0.15) is 19.4 Å². The molecule has 0 amide bonds. The molecule has 3 nitrogen and oxygen atoms in total. The van der Waals surface area contributed by atoms with Crippen molar-refractivity contribution in [2.45, 2.75) is 30.5 Å². The summed E-state index contributed by atoms with van der Waals surface area (Å²) in [5.74, 6) is -0.861. The minimum absolute atomic E-state index is 0.184. The summed E-state index contributed by atoms with van der Waals surface area (Å²) in [6.45, 7) is 6.53. The predicted molar refractivity (Wildman–Crippen MR) is 81.5 cm³/mol. The van der Waals surface area contributed by atoms with Gasteiger partial charge in [0.2, 0.25) is 0 Å². The number of thioether (sulfide) groups is 1. The van der Waals surface area contributed by atoms with Crippen LogP contribution >= 0.6 is 27.7 Å². The molecule has 1 fully saturated rings. The van der Waals surface area contributed by atoms with Gasteiger partial charge in [0.1, 0.15) is 0 Å². The summed E-state index contributed by atoms with van der Waals surface area (Å²) in [5.41, 5.74) is 1.28. The lowest BCUT2D eigenvalue weighted by molar-refractivity contribution is -0.147. The number of carbonyl (C=O) groups is 1. The Kier molecular flexibility index (Phi) is 4.92. The van der Waals surface area contributed by atoms with Crippen molar-refractivity contribution < 1.29 is 9.90 Å². The van der Waals surface area contributed by atoms with Crippen molar-refractivity contribution in [3.8, 4) is 0 Å². The van der Waals surface area contributed by atoms with Crippen molar-refractivity contribution in [3.63, 3.8) is 0 Å². The smallest absolute Gasteiger partial charge is 0.309 e. The molecular formula is C14H18BrNO2S. The number of likely N-dealkylation sites (tertiary alicyclic amines) is 1. The Balaban J connectivity index is 2.02. The fourth-order valence-electron chi connectivity index (χ4n) is 2.12. The maximum Gasteiger partial charge on any atom is 0.309 e. The number of carboxylic acids is 1. The Bertz CT molecular complexity index is 473. The van der Waals surface area contributed by atoms with Crippen molar-refractivity contribution >= 4 is 33.7 Å². The van der Waals surface area contributed by atoms with E-state index in [1.807, 2.05) is 17.8 Å². The SMILES string of the molecule is CC(C)Sc1cc(Br)ccc1CN1CC(C(=O)O)C1. The molecule has 0 radical (unpaired) electrons. The molecule has 1 saturated heterocycles. The normalized spacial score (nSPS) is 16.6. The topological polar surface area (TPSA) is 40.5 Å². The number of carboxylic acid groups (broad SMARTS) is 1. The summed E-state index contributed by atoms with van der Waals surface area (Å²) in [6.07, 6.45) is 0. The number of benzene rings is 1. The summed E-state index contributed by atoms with van der Waals surface area (Å²) >= 11 is 5.36. The molecule has 1 aromatic rings. The number of aliphatic carboxylic acids is 1. The molecule has 0 bridgehead atoms. The molecule has 0 atom stereocenters. The van der Waals surface area contributed by atoms with Crippen molar-refractivity contribution in [2.24, 2.45) is 5.92 Å². The van der Waals surface area contributed by atoms with Gasteiger partial charge in [-0.15, -0.1) is 11.8 Å². The van der Waals surface area contributed by atoms with Crippen LogP contribution in [0.3, 0.4) is 0 Å². The van der Waals surface area contributed by atoms with Crippen molar-refractivity contribution in [3.05, 3.63) is 28.2 Å². The number of rotatable bonds is 5. The minimum atomic E-state index is -0.677. The van der Waals surface area contributed by atoms with Crippen LogP contribution in [-0.4, -0.2) is 34.3 Å². The second kappa shape index (κ2) is 6.29. The van der Waals surface area contributed by atoms with Crippen LogP contribution in [0.4, 0.5) is 0 Å². The zero-order valence-electron chi connectivity index (χ0n) is 11.1. The number of nitrogens with zero attached hydrogens (tertiary/aromatic N) is 1. The van der Waals surface area contributed by atoms with Gasteiger partial charge in [0.05, 0.1) is 5.92 Å². The molecular weight excluding hydrogens is 326 g/mol. The minimum Gasteiger partial charge on any atom is -0.481 e. The van der Waals surface area contributed by atoms with E-state index >= 15 is 0 Å². The first-order valence-electron chi connectivity index (χ1n) is 6.36. The summed E-state index contributed by atoms with van der Waals surface area (Å²) < 4.78 is 1.09. The largest absolute Gasteiger partial charge is 0.481 e. The second-order valence-electron chi connectivity index (χ2n) is 5.15. The third-order valence-electron chi connectivity index (χ3n) is 3.09. The predicted octanol–water partition coefficient (Wildman–Crippen LogP) is 3.47. The first-order valence-corrected chi connectivity index (χ1v) is 8.03. The zero-order valence-corrected chi connectivity index (χ0v) is 13.5. The van der Waals surface area contributed by atoms with Gasteiger partial charge in [-0.1, -0.05) is 35.8 Å². The lowest BCUT2D eigenvalue weighted by Gasteiger charge is -2.37. The van der Waals surface area contributed by atoms with E-state index < -0.39 is 5.97 Å². The highest BCUT2D eigenvalue weighted by Crippen LogP contribution is 2.31. The van der Waals surface area contributed by atoms with Gasteiger partial charge in [-0.05, 0) is 17.7 Å². The molecule has 0 unspecified atom stereocenters. The van der Waals surface area contributed by atoms with Gasteiger partial charge in [-0.3, -0.25) is 9.69 Å². The van der Waals surface area contributed by atoms with Crippen LogP contribution in [-0.2, 0) is 11.3 Å². The van der Waals surface area contributed by atoms with E-state index in [1.54, 1.807) is 0 Å². The maximum absolute atomic E-state index is 10.8. The molecule has 2 rings (SSSR count). The zero-order chi connectivity index (χ0) is 14.0. The first-order chi connectivity index (χ1) is 8.95. The molecule has 19 heavy (non-hydrogen) atoms. The van der Waals surface area contributed by atoms with Crippen LogP contribution in [0.5, 0.6) is 0 Å². The van der Waals surface area contributed by atoms with Crippen molar-refractivity contribution in [2.75, 3.05) is 13.1 Å². The Morgan fingerprint density at radius 1 is 1.53 bits per heavy atom. The Morgan fingerprint density at radius 3 is 2.79 bits per heavy atom. The molecule has 1 aromatic carbocycles. The van der Waals surface area contributed by atoms with Gasteiger partial charge >= 0.3 is 5.97 Å². The van der Waals surface area contributed by atoms with E-state index in [9.17, 15) is 4.79 Å². The highest BCUT2D eigenvalue weighted by atomic mass is 79.9. The summed E-state index contributed by atoms with van der Waals surface area (Å²) in [4.78, 5) is 14.3. The standard InChI is InChI=1S/C14H18BrNO2S/c1-9(2)19-13-5-12(15)4-3-10(13)6-16-7-11(8-16)14(17)18/h3-5,9,11H,6-8H2,1-2H3,(H,17,18). The van der Waals surface area contributed by atoms with E-state index in [1.165, 1.54) is 10.5 Å². The van der Waals surface area contributed by atoms with Crippen LogP contribution < -0.4 is 0 Å². The maximum atomic E-state index is 10.8. The Hall–Kier alpha value is -0.520. The highest BCUT2D eigenvalue weighted by molar-refractivity contribution is 9.10. The first kappa shape index (κ1) is 14.9. The van der Waals surface area contributed by atoms with Gasteiger partial charge < -0.3 is 5.11 Å². The lowest BCUT2D eigenvalue weighted by atomic mass is 10.00. The van der Waals surface area contributed by atoms with Gasteiger partial charge in [-0.25, -0.2) is 0 Å². The Morgan fingerprint density at radius 2 is 2.21 bits per heavy atom.